The van der Waals surface area contributed by atoms with Crippen molar-refractivity contribution in [2.75, 3.05) is 14.2 Å². The Morgan fingerprint density at radius 1 is 0.944 bits per heavy atom. The second-order valence-electron chi connectivity index (χ2n) is 3.76. The van der Waals surface area contributed by atoms with Crippen LogP contribution in [0.3, 0.4) is 0 Å². The van der Waals surface area contributed by atoms with Crippen molar-refractivity contribution < 1.29 is 33.7 Å². The zero-order valence-electron chi connectivity index (χ0n) is 11.8. The van der Waals surface area contributed by atoms with E-state index in [0.717, 1.165) is 36.0 Å². The summed E-state index contributed by atoms with van der Waals surface area (Å²) >= 11 is 0. The first-order valence-electron chi connectivity index (χ1n) is 5.92. The SMILES string of the molecule is CC[C-](CC)OCc1cc(OC)cc(OC)c1.[Zn]. The van der Waals surface area contributed by atoms with E-state index in [1.807, 2.05) is 18.2 Å². The van der Waals surface area contributed by atoms with E-state index in [9.17, 15) is 0 Å². The molecule has 0 bridgehead atoms. The van der Waals surface area contributed by atoms with Gasteiger partial charge in [0.15, 0.2) is 0 Å². The van der Waals surface area contributed by atoms with Gasteiger partial charge in [0.2, 0.25) is 0 Å². The number of hydrogen-bond acceptors (Lipinski definition) is 3. The van der Waals surface area contributed by atoms with Crippen molar-refractivity contribution in [3.8, 4) is 11.5 Å². The largest absolute Gasteiger partial charge is 0.546 e. The summed E-state index contributed by atoms with van der Waals surface area (Å²) in [6.45, 7) is 4.76. The van der Waals surface area contributed by atoms with E-state index in [-0.39, 0.29) is 19.5 Å². The van der Waals surface area contributed by atoms with Crippen LogP contribution in [0.15, 0.2) is 18.2 Å². The van der Waals surface area contributed by atoms with Gasteiger partial charge in [0.25, 0.3) is 0 Å². The van der Waals surface area contributed by atoms with Gasteiger partial charge in [-0.1, -0.05) is 13.8 Å². The summed E-state index contributed by atoms with van der Waals surface area (Å²) < 4.78 is 16.2. The van der Waals surface area contributed by atoms with Gasteiger partial charge in [-0.05, 0) is 17.7 Å². The number of hydrogen-bond donors (Lipinski definition) is 0. The van der Waals surface area contributed by atoms with Gasteiger partial charge in [-0.2, -0.15) is 18.9 Å². The average molecular weight is 303 g/mol. The van der Waals surface area contributed by atoms with Crippen molar-refractivity contribution in [1.82, 2.24) is 0 Å². The van der Waals surface area contributed by atoms with E-state index in [1.165, 1.54) is 0 Å². The number of rotatable bonds is 7. The van der Waals surface area contributed by atoms with Crippen molar-refractivity contribution in [3.05, 3.63) is 29.9 Å². The molecule has 0 radical (unpaired) electrons. The summed E-state index contributed by atoms with van der Waals surface area (Å²) in [5.41, 5.74) is 1.06. The molecule has 0 aliphatic rings. The van der Waals surface area contributed by atoms with Crippen molar-refractivity contribution in [1.29, 1.82) is 0 Å². The number of ether oxygens (including phenoxy) is 3. The van der Waals surface area contributed by atoms with Crippen LogP contribution in [-0.2, 0) is 30.8 Å². The minimum Gasteiger partial charge on any atom is -0.546 e. The molecule has 0 saturated heterocycles. The van der Waals surface area contributed by atoms with Crippen molar-refractivity contribution in [3.63, 3.8) is 0 Å². The molecule has 98 valence electrons. The summed E-state index contributed by atoms with van der Waals surface area (Å²) in [6.07, 6.45) is 3.03. The monoisotopic (exact) mass is 301 g/mol. The number of benzene rings is 1. The Morgan fingerprint density at radius 3 is 1.83 bits per heavy atom. The predicted octanol–water partition coefficient (Wildman–Crippen LogP) is 3.57. The van der Waals surface area contributed by atoms with Gasteiger partial charge in [-0.25, -0.2) is 0 Å². The average Bonchev–Trinajstić information content (AvgIpc) is 2.39. The van der Waals surface area contributed by atoms with E-state index in [0.29, 0.717) is 6.61 Å². The summed E-state index contributed by atoms with van der Waals surface area (Å²) in [7, 11) is 3.30. The van der Waals surface area contributed by atoms with Crippen molar-refractivity contribution >= 4 is 0 Å². The third-order valence-corrected chi connectivity index (χ3v) is 2.64. The third kappa shape index (κ3) is 5.37. The van der Waals surface area contributed by atoms with Crippen molar-refractivity contribution in [2.24, 2.45) is 0 Å². The molecule has 18 heavy (non-hydrogen) atoms. The molecule has 0 atom stereocenters. The van der Waals surface area contributed by atoms with Gasteiger partial charge in [0, 0.05) is 32.2 Å². The second kappa shape index (κ2) is 9.35. The molecule has 0 saturated carbocycles. The Kier molecular flexibility index (Phi) is 9.04. The Balaban J connectivity index is 0.00000289. The third-order valence-electron chi connectivity index (χ3n) is 2.64. The van der Waals surface area contributed by atoms with E-state index in [2.05, 4.69) is 13.8 Å². The van der Waals surface area contributed by atoms with Crippen LogP contribution in [0.25, 0.3) is 0 Å². The van der Waals surface area contributed by atoms with E-state index in [4.69, 9.17) is 14.2 Å². The van der Waals surface area contributed by atoms with Crippen LogP contribution in [0.4, 0.5) is 0 Å². The predicted molar refractivity (Wildman–Crippen MR) is 68.2 cm³/mol. The first-order valence-corrected chi connectivity index (χ1v) is 5.92. The molecule has 0 aliphatic carbocycles. The maximum absolute atomic E-state index is 5.73. The fraction of sp³-hybridized carbons (Fsp3) is 0.500. The normalized spacial score (nSPS) is 10.1. The minimum atomic E-state index is 0. The minimum absolute atomic E-state index is 0. The van der Waals surface area contributed by atoms with E-state index < -0.39 is 0 Å². The topological polar surface area (TPSA) is 27.7 Å². The molecule has 1 aromatic carbocycles. The molecule has 0 amide bonds. The second-order valence-corrected chi connectivity index (χ2v) is 3.76. The standard InChI is InChI=1S/C14H21O3.Zn/c1-5-12(6-2)17-10-11-7-13(15-3)9-14(8-11)16-4;/h7-9H,5-6,10H2,1-4H3;/q-1;. The molecular weight excluding hydrogens is 282 g/mol. The molecule has 1 rings (SSSR count). The van der Waals surface area contributed by atoms with E-state index >= 15 is 0 Å². The maximum Gasteiger partial charge on any atom is 0.122 e. The first-order chi connectivity index (χ1) is 8.23. The Labute approximate surface area is 123 Å². The van der Waals surface area contributed by atoms with Gasteiger partial charge in [0.05, 0.1) is 14.2 Å². The molecule has 3 nitrogen and oxygen atoms in total. The number of methoxy groups -OCH3 is 2. The van der Waals surface area contributed by atoms with Gasteiger partial charge in [0.1, 0.15) is 11.5 Å². The quantitative estimate of drug-likeness (QED) is 0.569. The van der Waals surface area contributed by atoms with Crippen LogP contribution in [-0.4, -0.2) is 14.2 Å². The van der Waals surface area contributed by atoms with Gasteiger partial charge < -0.3 is 14.2 Å². The molecular formula is C14H21O3Zn-. The summed E-state index contributed by atoms with van der Waals surface area (Å²) in [5.74, 6) is 1.58. The molecule has 4 heteroatoms. The van der Waals surface area contributed by atoms with Crippen LogP contribution >= 0.6 is 0 Å². The van der Waals surface area contributed by atoms with Crippen LogP contribution in [0.1, 0.15) is 32.3 Å². The van der Waals surface area contributed by atoms with Crippen LogP contribution in [0.5, 0.6) is 11.5 Å². The molecule has 0 spiro atoms. The van der Waals surface area contributed by atoms with Crippen LogP contribution < -0.4 is 9.47 Å². The fourth-order valence-electron chi connectivity index (χ4n) is 1.59. The molecule has 0 aliphatic heterocycles. The van der Waals surface area contributed by atoms with Crippen LogP contribution in [0, 0.1) is 6.10 Å². The van der Waals surface area contributed by atoms with Gasteiger partial charge in [-0.3, -0.25) is 0 Å². The summed E-state index contributed by atoms with van der Waals surface area (Å²) in [4.78, 5) is 0. The van der Waals surface area contributed by atoms with Crippen LogP contribution in [0.2, 0.25) is 0 Å². The smallest absolute Gasteiger partial charge is 0.122 e. The van der Waals surface area contributed by atoms with Gasteiger partial charge in [-0.15, -0.1) is 0 Å². The zero-order valence-corrected chi connectivity index (χ0v) is 14.8. The zero-order chi connectivity index (χ0) is 12.7. The fourth-order valence-corrected chi connectivity index (χ4v) is 1.59. The Morgan fingerprint density at radius 2 is 1.44 bits per heavy atom. The Bertz CT molecular complexity index is 316. The molecule has 0 fully saturated rings. The molecule has 1 aromatic rings. The molecule has 0 aromatic heterocycles. The first kappa shape index (κ1) is 17.4. The van der Waals surface area contributed by atoms with E-state index in [1.54, 1.807) is 14.2 Å². The molecule has 0 unspecified atom stereocenters. The maximum atomic E-state index is 5.73. The van der Waals surface area contributed by atoms with Gasteiger partial charge >= 0.3 is 0 Å². The molecule has 0 heterocycles. The molecule has 0 N–H and O–H groups in total. The summed E-state index contributed by atoms with van der Waals surface area (Å²) in [6, 6.07) is 5.78. The Hall–Kier alpha value is -0.597. The summed E-state index contributed by atoms with van der Waals surface area (Å²) in [5, 5.41) is 0. The van der Waals surface area contributed by atoms with Crippen molar-refractivity contribution in [2.45, 2.75) is 33.3 Å².